The molecule has 316 valence electrons. The van der Waals surface area contributed by atoms with Crippen LogP contribution in [0.3, 0.4) is 0 Å². The van der Waals surface area contributed by atoms with Gasteiger partial charge in [-0.15, -0.1) is 0 Å². The molecular weight excluding hydrogens is 665 g/mol. The van der Waals surface area contributed by atoms with Crippen LogP contribution >= 0.6 is 0 Å². The van der Waals surface area contributed by atoms with E-state index >= 15 is 0 Å². The minimum Gasteiger partial charge on any atom is -0.465 e. The highest BCUT2D eigenvalue weighted by atomic mass is 16.5. The van der Waals surface area contributed by atoms with Crippen molar-refractivity contribution < 1.29 is 29.0 Å². The van der Waals surface area contributed by atoms with E-state index in [0.29, 0.717) is 19.6 Å². The van der Waals surface area contributed by atoms with E-state index in [-0.39, 0.29) is 5.97 Å². The average Bonchev–Trinajstić information content (AvgIpc) is 3.15. The first kappa shape index (κ1) is 53.3. The van der Waals surface area contributed by atoms with Crippen molar-refractivity contribution in [3.8, 4) is 0 Å². The summed E-state index contributed by atoms with van der Waals surface area (Å²) < 4.78 is 10.5. The molecule has 0 saturated carbocycles. The second kappa shape index (κ2) is 44.6. The number of esters is 2. The summed E-state index contributed by atoms with van der Waals surface area (Å²) in [7, 11) is 0. The minimum atomic E-state index is -1.17. The van der Waals surface area contributed by atoms with Crippen molar-refractivity contribution in [1.82, 2.24) is 5.32 Å². The molecular formula is C45H90N2O6. The Balaban J connectivity index is 0. The highest BCUT2D eigenvalue weighted by Crippen LogP contribution is 2.15. The van der Waals surface area contributed by atoms with Crippen LogP contribution in [0, 0.1) is 0 Å². The zero-order valence-electron chi connectivity index (χ0n) is 35.7. The number of carbonyl (C=O) groups excluding carboxylic acids is 2. The van der Waals surface area contributed by atoms with E-state index in [2.05, 4.69) is 26.1 Å². The quantitative estimate of drug-likeness (QED) is 0.0421. The molecule has 8 heteroatoms. The summed E-state index contributed by atoms with van der Waals surface area (Å²) in [5, 5.41) is 11.1. The molecule has 0 fully saturated rings. The molecule has 0 heterocycles. The van der Waals surface area contributed by atoms with E-state index in [1.807, 2.05) is 6.92 Å². The number of rotatable bonds is 39. The Morgan fingerprint density at radius 2 is 0.717 bits per heavy atom. The van der Waals surface area contributed by atoms with Crippen molar-refractivity contribution >= 4 is 18.0 Å². The number of hydrogen-bond donors (Lipinski definition) is 3. The molecule has 1 amide bonds. The van der Waals surface area contributed by atoms with Crippen molar-refractivity contribution in [2.24, 2.45) is 5.73 Å². The molecule has 0 aromatic heterocycles. The number of unbranched alkanes of at least 4 members (excludes halogenated alkanes) is 28. The number of carbonyl (C=O) groups is 3. The smallest absolute Gasteiger partial charge is 0.405 e. The fourth-order valence-corrected chi connectivity index (χ4v) is 6.49. The summed E-state index contributed by atoms with van der Waals surface area (Å²) in [4.78, 5) is 34.4. The van der Waals surface area contributed by atoms with Crippen LogP contribution in [0.25, 0.3) is 0 Å². The molecule has 0 radical (unpaired) electrons. The molecule has 2 unspecified atom stereocenters. The minimum absolute atomic E-state index is 0.219. The lowest BCUT2D eigenvalue weighted by molar-refractivity contribution is -0.146. The summed E-state index contributed by atoms with van der Waals surface area (Å²) in [6.45, 7) is 9.58. The van der Waals surface area contributed by atoms with Crippen molar-refractivity contribution in [3.63, 3.8) is 0 Å². The highest BCUT2D eigenvalue weighted by Gasteiger charge is 2.21. The molecule has 0 saturated heterocycles. The van der Waals surface area contributed by atoms with Crippen LogP contribution in [-0.4, -0.2) is 48.4 Å². The number of nitrogens with two attached hydrogens (primary N) is 1. The molecule has 8 nitrogen and oxygen atoms in total. The number of nitrogens with one attached hydrogen (secondary N) is 1. The summed E-state index contributed by atoms with van der Waals surface area (Å²) in [6.07, 6.45) is 40.7. The molecule has 0 aliphatic heterocycles. The first-order chi connectivity index (χ1) is 25.8. The Kier molecular flexibility index (Phi) is 44.8. The van der Waals surface area contributed by atoms with Gasteiger partial charge in [-0.2, -0.15) is 0 Å². The van der Waals surface area contributed by atoms with Crippen molar-refractivity contribution in [3.05, 3.63) is 0 Å². The zero-order chi connectivity index (χ0) is 39.5. The lowest BCUT2D eigenvalue weighted by atomic mass is 10.0. The van der Waals surface area contributed by atoms with E-state index in [9.17, 15) is 14.4 Å². The normalized spacial score (nSPS) is 12.1. The van der Waals surface area contributed by atoms with Gasteiger partial charge in [-0.25, -0.2) is 9.59 Å². The van der Waals surface area contributed by atoms with Gasteiger partial charge in [0.25, 0.3) is 0 Å². The molecule has 0 spiro atoms. The lowest BCUT2D eigenvalue weighted by Gasteiger charge is -2.15. The van der Waals surface area contributed by atoms with Crippen LogP contribution in [0.2, 0.25) is 0 Å². The number of ether oxygens (including phenoxy) is 2. The fraction of sp³-hybridized carbons (Fsp3) is 0.933. The number of hydrogen-bond acceptors (Lipinski definition) is 6. The van der Waals surface area contributed by atoms with Gasteiger partial charge in [0.15, 0.2) is 0 Å². The third-order valence-electron chi connectivity index (χ3n) is 10.1. The molecule has 53 heavy (non-hydrogen) atoms. The molecule has 0 rings (SSSR count). The van der Waals surface area contributed by atoms with Gasteiger partial charge in [-0.3, -0.25) is 4.79 Å². The van der Waals surface area contributed by atoms with Crippen LogP contribution in [0.4, 0.5) is 4.79 Å². The lowest BCUT2D eigenvalue weighted by Crippen LogP contribution is -2.41. The SMILES string of the molecule is CCCCCCCCCCCCCCCCOC(=O)C(CCCC)NC(=O)O.CCCCCCCCCCCCCCCCOC(=O)C(N)CCCC. The molecule has 0 aromatic carbocycles. The van der Waals surface area contributed by atoms with Crippen molar-refractivity contribution in [2.75, 3.05) is 13.2 Å². The molecule has 0 aromatic rings. The van der Waals surface area contributed by atoms with Crippen molar-refractivity contribution in [2.45, 2.75) is 258 Å². The largest absolute Gasteiger partial charge is 0.465 e. The summed E-state index contributed by atoms with van der Waals surface area (Å²) in [6, 6.07) is -1.16. The summed E-state index contributed by atoms with van der Waals surface area (Å²) in [5.41, 5.74) is 5.79. The van der Waals surface area contributed by atoms with Crippen LogP contribution in [0.5, 0.6) is 0 Å². The van der Waals surface area contributed by atoms with Gasteiger partial charge in [0.1, 0.15) is 12.1 Å². The second-order valence-corrected chi connectivity index (χ2v) is 15.4. The molecule has 2 atom stereocenters. The van der Waals surface area contributed by atoms with Crippen molar-refractivity contribution in [1.29, 1.82) is 0 Å². The Bertz CT molecular complexity index is 780. The van der Waals surface area contributed by atoms with Gasteiger partial charge < -0.3 is 25.6 Å². The number of amides is 1. The van der Waals surface area contributed by atoms with Crippen LogP contribution in [0.15, 0.2) is 0 Å². The monoisotopic (exact) mass is 755 g/mol. The Labute approximate surface area is 328 Å². The molecule has 0 bridgehead atoms. The Morgan fingerprint density at radius 1 is 0.434 bits per heavy atom. The summed E-state index contributed by atoms with van der Waals surface area (Å²) in [5.74, 6) is -0.659. The topological polar surface area (TPSA) is 128 Å². The van der Waals surface area contributed by atoms with E-state index in [4.69, 9.17) is 20.3 Å². The Hall–Kier alpha value is -1.83. The maximum Gasteiger partial charge on any atom is 0.405 e. The fourth-order valence-electron chi connectivity index (χ4n) is 6.49. The molecule has 4 N–H and O–H groups in total. The van der Waals surface area contributed by atoms with E-state index < -0.39 is 24.1 Å². The predicted molar refractivity (Wildman–Crippen MR) is 225 cm³/mol. The van der Waals surface area contributed by atoms with Gasteiger partial charge in [0, 0.05) is 0 Å². The highest BCUT2D eigenvalue weighted by molar-refractivity contribution is 5.80. The maximum absolute atomic E-state index is 12.0. The average molecular weight is 755 g/mol. The van der Waals surface area contributed by atoms with Gasteiger partial charge in [-0.05, 0) is 25.7 Å². The van der Waals surface area contributed by atoms with Gasteiger partial charge in [0.05, 0.1) is 13.2 Å². The van der Waals surface area contributed by atoms with Crippen LogP contribution < -0.4 is 11.1 Å². The van der Waals surface area contributed by atoms with Gasteiger partial charge >= 0.3 is 18.0 Å². The van der Waals surface area contributed by atoms with Crippen LogP contribution in [0.1, 0.15) is 246 Å². The van der Waals surface area contributed by atoms with E-state index in [1.165, 1.54) is 154 Å². The molecule has 0 aliphatic carbocycles. The van der Waals surface area contributed by atoms with Gasteiger partial charge in [0.2, 0.25) is 0 Å². The van der Waals surface area contributed by atoms with Crippen LogP contribution in [-0.2, 0) is 19.1 Å². The summed E-state index contributed by atoms with van der Waals surface area (Å²) >= 11 is 0. The second-order valence-electron chi connectivity index (χ2n) is 15.4. The van der Waals surface area contributed by atoms with E-state index in [0.717, 1.165) is 57.8 Å². The first-order valence-corrected chi connectivity index (χ1v) is 22.9. The Morgan fingerprint density at radius 3 is 1.04 bits per heavy atom. The standard InChI is InChI=1S/C23H45NO4.C22H45NO2/c1-3-5-7-8-9-10-11-12-13-14-15-16-17-18-20-28-22(25)21(19-6-4-2)24-23(26)27;1-3-5-7-8-9-10-11-12-13-14-15-16-17-18-20-25-22(24)21(23)19-6-4-2/h21,24H,3-20H2,1-2H3,(H,26,27);21H,3-20,23H2,1-2H3. The molecule has 0 aliphatic rings. The van der Waals surface area contributed by atoms with E-state index in [1.54, 1.807) is 0 Å². The first-order valence-electron chi connectivity index (χ1n) is 22.9. The third-order valence-corrected chi connectivity index (χ3v) is 10.1. The number of carboxylic acid groups (broad SMARTS) is 1. The zero-order valence-corrected chi connectivity index (χ0v) is 35.7. The maximum atomic E-state index is 12.0. The predicted octanol–water partition coefficient (Wildman–Crippen LogP) is 13.4. The third kappa shape index (κ3) is 42.8. The van der Waals surface area contributed by atoms with Gasteiger partial charge in [-0.1, -0.05) is 220 Å².